The van der Waals surface area contributed by atoms with Gasteiger partial charge in [-0.2, -0.15) is 0 Å². The number of aromatic nitrogens is 2. The number of aryl methyl sites for hydroxylation is 2. The molecule has 120 valence electrons. The Labute approximate surface area is 128 Å². The predicted molar refractivity (Wildman–Crippen MR) is 86.1 cm³/mol. The smallest absolute Gasteiger partial charge is 0.154 e. The number of rotatable bonds is 8. The molecule has 0 aliphatic heterocycles. The minimum atomic E-state index is -3.09. The molecule has 0 saturated carbocycles. The van der Waals surface area contributed by atoms with Crippen molar-refractivity contribution < 1.29 is 8.42 Å². The van der Waals surface area contributed by atoms with E-state index in [-0.39, 0.29) is 5.75 Å². The summed E-state index contributed by atoms with van der Waals surface area (Å²) in [5.74, 6) is 0.964. The second-order valence-electron chi connectivity index (χ2n) is 6.06. The van der Waals surface area contributed by atoms with Gasteiger partial charge in [-0.1, -0.05) is 13.8 Å². The molecule has 0 aliphatic carbocycles. The summed E-state index contributed by atoms with van der Waals surface area (Å²) in [6, 6.07) is 0. The first kappa shape index (κ1) is 18.0. The topological polar surface area (TPSA) is 72.0 Å². The molecule has 0 radical (unpaired) electrons. The molecule has 1 heterocycles. The summed E-state index contributed by atoms with van der Waals surface area (Å²) in [7, 11) is -3.09. The molecule has 1 N–H and O–H groups in total. The van der Waals surface area contributed by atoms with Crippen LogP contribution in [0.2, 0.25) is 0 Å². The van der Waals surface area contributed by atoms with E-state index in [4.69, 9.17) is 0 Å². The van der Waals surface area contributed by atoms with Crippen molar-refractivity contribution in [2.45, 2.75) is 46.3 Å². The lowest BCUT2D eigenvalue weighted by molar-refractivity contribution is 0.542. The molecule has 5 nitrogen and oxygen atoms in total. The van der Waals surface area contributed by atoms with Crippen molar-refractivity contribution in [3.63, 3.8) is 0 Å². The third kappa shape index (κ3) is 7.00. The molecule has 0 bridgehead atoms. The lowest BCUT2D eigenvalue weighted by Gasteiger charge is -2.11. The van der Waals surface area contributed by atoms with Gasteiger partial charge in [-0.05, 0) is 51.3 Å². The van der Waals surface area contributed by atoms with E-state index < -0.39 is 9.84 Å². The van der Waals surface area contributed by atoms with Crippen molar-refractivity contribution in [3.8, 4) is 0 Å². The summed E-state index contributed by atoms with van der Waals surface area (Å²) in [5.41, 5.74) is 2.92. The van der Waals surface area contributed by atoms with Crippen LogP contribution in [0.1, 0.15) is 43.0 Å². The lowest BCUT2D eigenvalue weighted by Crippen LogP contribution is -2.21. The maximum absolute atomic E-state index is 11.3. The zero-order chi connectivity index (χ0) is 16.0. The van der Waals surface area contributed by atoms with E-state index in [1.54, 1.807) is 0 Å². The Balaban J connectivity index is 2.63. The molecule has 1 aromatic heterocycles. The van der Waals surface area contributed by atoms with Crippen LogP contribution in [0.5, 0.6) is 0 Å². The average molecular weight is 313 g/mol. The monoisotopic (exact) mass is 313 g/mol. The third-order valence-corrected chi connectivity index (χ3v) is 3.97. The summed E-state index contributed by atoms with van der Waals surface area (Å²) in [6.07, 6.45) is 3.15. The Bertz CT molecular complexity index is 545. The maximum atomic E-state index is 11.3. The second-order valence-corrected chi connectivity index (χ2v) is 8.20. The van der Waals surface area contributed by atoms with E-state index in [9.17, 15) is 8.42 Å². The molecule has 1 rings (SSSR count). The number of nitrogens with one attached hydrogen (secondary N) is 1. The van der Waals surface area contributed by atoms with Gasteiger partial charge in [-0.15, -0.1) is 0 Å². The van der Waals surface area contributed by atoms with Crippen LogP contribution in [0.4, 0.5) is 0 Å². The van der Waals surface area contributed by atoms with Gasteiger partial charge in [0.25, 0.3) is 0 Å². The molecule has 6 heteroatoms. The van der Waals surface area contributed by atoms with E-state index in [1.807, 2.05) is 13.8 Å². The van der Waals surface area contributed by atoms with Crippen molar-refractivity contribution >= 4 is 9.84 Å². The third-order valence-electron chi connectivity index (χ3n) is 3.19. The van der Waals surface area contributed by atoms with Gasteiger partial charge >= 0.3 is 0 Å². The minimum absolute atomic E-state index is 0.0924. The minimum Gasteiger partial charge on any atom is -0.316 e. The maximum Gasteiger partial charge on any atom is 0.154 e. The van der Waals surface area contributed by atoms with E-state index in [2.05, 4.69) is 29.1 Å². The highest BCUT2D eigenvalue weighted by Crippen LogP contribution is 2.13. The molecule has 0 amide bonds. The first-order chi connectivity index (χ1) is 9.69. The molecule has 0 spiro atoms. The fraction of sp³-hybridized carbons (Fsp3) is 0.733. The molecule has 0 saturated heterocycles. The molecular weight excluding hydrogens is 286 g/mol. The Morgan fingerprint density at radius 2 is 1.71 bits per heavy atom. The number of hydrogen-bond donors (Lipinski definition) is 1. The number of sulfone groups is 1. The van der Waals surface area contributed by atoms with Gasteiger partial charge in [0.05, 0.1) is 0 Å². The molecule has 0 fully saturated rings. The Morgan fingerprint density at radius 3 is 2.19 bits per heavy atom. The fourth-order valence-corrected chi connectivity index (χ4v) is 2.85. The largest absolute Gasteiger partial charge is 0.316 e. The van der Waals surface area contributed by atoms with Crippen LogP contribution in [-0.4, -0.2) is 37.7 Å². The zero-order valence-electron chi connectivity index (χ0n) is 13.7. The number of nitrogens with zero attached hydrogens (tertiary/aromatic N) is 2. The predicted octanol–water partition coefficient (Wildman–Crippen LogP) is 1.82. The molecule has 0 atom stereocenters. The van der Waals surface area contributed by atoms with E-state index >= 15 is 0 Å². The first-order valence-electron chi connectivity index (χ1n) is 7.40. The highest BCUT2D eigenvalue weighted by atomic mass is 32.2. The molecule has 0 aliphatic rings. The molecule has 0 unspecified atom stereocenters. The van der Waals surface area contributed by atoms with E-state index in [1.165, 1.54) is 6.26 Å². The van der Waals surface area contributed by atoms with Crippen molar-refractivity contribution in [1.82, 2.24) is 15.3 Å². The number of hydrogen-bond acceptors (Lipinski definition) is 5. The highest BCUT2D eigenvalue weighted by molar-refractivity contribution is 7.89. The van der Waals surface area contributed by atoms with Crippen LogP contribution >= 0.6 is 0 Å². The van der Waals surface area contributed by atoms with Gasteiger partial charge in [-0.25, -0.2) is 18.4 Å². The van der Waals surface area contributed by atoms with Crippen molar-refractivity contribution in [3.05, 3.63) is 22.8 Å². The van der Waals surface area contributed by atoms with Crippen LogP contribution in [-0.2, 0) is 22.0 Å². The molecule has 1 aromatic rings. The second kappa shape index (κ2) is 7.84. The van der Waals surface area contributed by atoms with E-state index in [0.717, 1.165) is 42.9 Å². The van der Waals surface area contributed by atoms with Gasteiger partial charge in [0.15, 0.2) is 9.84 Å². The molecule has 21 heavy (non-hydrogen) atoms. The lowest BCUT2D eigenvalue weighted by atomic mass is 10.1. The van der Waals surface area contributed by atoms with Crippen LogP contribution in [0, 0.1) is 19.8 Å². The summed E-state index contributed by atoms with van der Waals surface area (Å²) in [4.78, 5) is 8.67. The van der Waals surface area contributed by atoms with Crippen molar-refractivity contribution in [1.29, 1.82) is 0 Å². The van der Waals surface area contributed by atoms with Crippen molar-refractivity contribution in [2.24, 2.45) is 5.92 Å². The van der Waals surface area contributed by atoms with Gasteiger partial charge in [0.2, 0.25) is 0 Å². The summed E-state index contributed by atoms with van der Waals surface area (Å²) >= 11 is 0. The fourth-order valence-electron chi connectivity index (χ4n) is 2.25. The Kier molecular flexibility index (Phi) is 6.74. The van der Waals surface area contributed by atoms with Gasteiger partial charge in [0, 0.05) is 17.6 Å². The highest BCUT2D eigenvalue weighted by Gasteiger charge is 2.12. The normalized spacial score (nSPS) is 12.1. The summed E-state index contributed by atoms with van der Waals surface area (Å²) < 4.78 is 22.6. The van der Waals surface area contributed by atoms with Gasteiger partial charge in [0.1, 0.15) is 11.6 Å². The van der Waals surface area contributed by atoms with Crippen LogP contribution in [0.25, 0.3) is 0 Å². The Hall–Kier alpha value is -1.01. The van der Waals surface area contributed by atoms with Crippen LogP contribution < -0.4 is 5.32 Å². The standard InChI is InChI=1S/C15H27N3O2S/c1-11(2)9-16-8-6-7-14-12(3)17-15(18-13(14)4)10-21(5,19)20/h11,16H,6-10H2,1-5H3. The average Bonchev–Trinajstić information content (AvgIpc) is 2.29. The molecule has 0 aromatic carbocycles. The van der Waals surface area contributed by atoms with Gasteiger partial charge < -0.3 is 5.32 Å². The van der Waals surface area contributed by atoms with Gasteiger partial charge in [-0.3, -0.25) is 0 Å². The summed E-state index contributed by atoms with van der Waals surface area (Å²) in [6.45, 7) is 10.2. The first-order valence-corrected chi connectivity index (χ1v) is 9.46. The molecular formula is C15H27N3O2S. The zero-order valence-corrected chi connectivity index (χ0v) is 14.5. The van der Waals surface area contributed by atoms with Crippen LogP contribution in [0.15, 0.2) is 0 Å². The quantitative estimate of drug-likeness (QED) is 0.741. The van der Waals surface area contributed by atoms with Crippen LogP contribution in [0.3, 0.4) is 0 Å². The van der Waals surface area contributed by atoms with Crippen molar-refractivity contribution in [2.75, 3.05) is 19.3 Å². The SMILES string of the molecule is Cc1nc(CS(C)(=O)=O)nc(C)c1CCCNCC(C)C. The summed E-state index contributed by atoms with van der Waals surface area (Å²) in [5, 5.41) is 3.42. The van der Waals surface area contributed by atoms with E-state index in [0.29, 0.717) is 11.7 Å². The Morgan fingerprint density at radius 1 is 1.14 bits per heavy atom.